The maximum atomic E-state index is 12.2. The van der Waals surface area contributed by atoms with E-state index in [1.54, 1.807) is 12.1 Å². The summed E-state index contributed by atoms with van der Waals surface area (Å²) in [7, 11) is -3.65. The van der Waals surface area contributed by atoms with Gasteiger partial charge in [-0.15, -0.1) is 0 Å². The second-order valence-electron chi connectivity index (χ2n) is 4.38. The van der Waals surface area contributed by atoms with E-state index in [9.17, 15) is 18.0 Å². The number of hydrogen-bond acceptors (Lipinski definition) is 4. The Hall–Kier alpha value is -2.41. The van der Waals surface area contributed by atoms with E-state index < -0.39 is 15.8 Å². The van der Waals surface area contributed by atoms with Gasteiger partial charge in [0.05, 0.1) is 16.2 Å². The van der Waals surface area contributed by atoms with Crippen LogP contribution in [0.4, 0.5) is 0 Å². The Kier molecular flexibility index (Phi) is 4.23. The first-order valence-corrected chi connectivity index (χ1v) is 7.77. The van der Waals surface area contributed by atoms with Gasteiger partial charge in [0, 0.05) is 18.8 Å². The van der Waals surface area contributed by atoms with Crippen LogP contribution in [-0.2, 0) is 16.4 Å². The number of sulfone groups is 1. The minimum atomic E-state index is -3.65. The van der Waals surface area contributed by atoms with Gasteiger partial charge in [-0.25, -0.2) is 13.2 Å². The smallest absolute Gasteiger partial charge is 0.335 e. The summed E-state index contributed by atoms with van der Waals surface area (Å²) in [6, 6.07) is 9.72. The molecular weight excluding hydrogens is 294 g/mol. The van der Waals surface area contributed by atoms with Crippen molar-refractivity contribution in [2.45, 2.75) is 11.4 Å². The topological polar surface area (TPSA) is 93.4 Å². The van der Waals surface area contributed by atoms with Gasteiger partial charge in [0.2, 0.25) is 0 Å². The molecule has 1 aromatic heterocycles. The summed E-state index contributed by atoms with van der Waals surface area (Å²) < 4.78 is 25.7. The predicted molar refractivity (Wildman–Crippen MR) is 76.2 cm³/mol. The standard InChI is InChI=1S/C14H13NO5S/c16-13-6-1-2-7-15(13)8-9-21(19,20)12-5-3-4-11(10-12)14(17)18/h1-7,10H,8-9H2,(H,17,18). The molecule has 2 aromatic rings. The highest BCUT2D eigenvalue weighted by atomic mass is 32.2. The Labute approximate surface area is 121 Å². The van der Waals surface area contributed by atoms with Crippen molar-refractivity contribution in [3.63, 3.8) is 0 Å². The number of aromatic nitrogens is 1. The molecule has 1 N–H and O–H groups in total. The van der Waals surface area contributed by atoms with Crippen LogP contribution in [-0.4, -0.2) is 29.8 Å². The van der Waals surface area contributed by atoms with Gasteiger partial charge < -0.3 is 9.67 Å². The van der Waals surface area contributed by atoms with Crippen LogP contribution in [0.3, 0.4) is 0 Å². The molecule has 0 saturated carbocycles. The molecule has 1 aromatic carbocycles. The molecule has 0 amide bonds. The summed E-state index contributed by atoms with van der Waals surface area (Å²) in [6.45, 7) is 0.0132. The van der Waals surface area contributed by atoms with E-state index in [1.807, 2.05) is 0 Å². The maximum absolute atomic E-state index is 12.2. The van der Waals surface area contributed by atoms with Crippen LogP contribution in [0, 0.1) is 0 Å². The minimum absolute atomic E-state index is 0.0132. The van der Waals surface area contributed by atoms with Crippen molar-refractivity contribution in [3.05, 3.63) is 64.6 Å². The number of carboxylic acid groups (broad SMARTS) is 1. The molecule has 0 bridgehead atoms. The molecule has 2 rings (SSSR count). The fraction of sp³-hybridized carbons (Fsp3) is 0.143. The zero-order valence-corrected chi connectivity index (χ0v) is 11.8. The first-order chi connectivity index (χ1) is 9.90. The van der Waals surface area contributed by atoms with E-state index in [1.165, 1.54) is 35.0 Å². The van der Waals surface area contributed by atoms with Crippen molar-refractivity contribution in [3.8, 4) is 0 Å². The zero-order valence-electron chi connectivity index (χ0n) is 11.0. The number of aromatic carboxylic acids is 1. The third-order valence-corrected chi connectivity index (χ3v) is 4.63. The van der Waals surface area contributed by atoms with Gasteiger partial charge in [0.25, 0.3) is 5.56 Å². The number of pyridine rings is 1. The molecular formula is C14H13NO5S. The first kappa shape index (κ1) is 15.0. The van der Waals surface area contributed by atoms with Crippen LogP contribution in [0.15, 0.2) is 58.4 Å². The van der Waals surface area contributed by atoms with Crippen molar-refractivity contribution < 1.29 is 18.3 Å². The maximum Gasteiger partial charge on any atom is 0.335 e. The zero-order chi connectivity index (χ0) is 15.5. The van der Waals surface area contributed by atoms with E-state index in [0.29, 0.717) is 0 Å². The SMILES string of the molecule is O=C(O)c1cccc(S(=O)(=O)CCn2ccccc2=O)c1. The molecule has 0 aliphatic rings. The summed E-state index contributed by atoms with van der Waals surface area (Å²) in [5.41, 5.74) is -0.375. The highest BCUT2D eigenvalue weighted by Crippen LogP contribution is 2.13. The van der Waals surface area contributed by atoms with E-state index in [4.69, 9.17) is 5.11 Å². The number of carboxylic acids is 1. The Morgan fingerprint density at radius 3 is 2.57 bits per heavy atom. The molecule has 1 heterocycles. The van der Waals surface area contributed by atoms with Crippen LogP contribution in [0.2, 0.25) is 0 Å². The Bertz CT molecular complexity index is 823. The third kappa shape index (κ3) is 3.57. The molecule has 0 radical (unpaired) electrons. The van der Waals surface area contributed by atoms with Crippen LogP contribution < -0.4 is 5.56 Å². The third-order valence-electron chi connectivity index (χ3n) is 2.94. The number of nitrogens with zero attached hydrogens (tertiary/aromatic N) is 1. The van der Waals surface area contributed by atoms with Crippen LogP contribution in [0.25, 0.3) is 0 Å². The lowest BCUT2D eigenvalue weighted by atomic mass is 10.2. The molecule has 6 nitrogen and oxygen atoms in total. The van der Waals surface area contributed by atoms with Gasteiger partial charge >= 0.3 is 5.97 Å². The lowest BCUT2D eigenvalue weighted by Crippen LogP contribution is -2.22. The normalized spacial score (nSPS) is 11.2. The predicted octanol–water partition coefficient (Wildman–Crippen LogP) is 1.02. The van der Waals surface area contributed by atoms with Crippen molar-refractivity contribution in [1.82, 2.24) is 4.57 Å². The Morgan fingerprint density at radius 2 is 1.90 bits per heavy atom. The van der Waals surface area contributed by atoms with E-state index in [2.05, 4.69) is 0 Å². The molecule has 21 heavy (non-hydrogen) atoms. The van der Waals surface area contributed by atoms with Gasteiger partial charge in [-0.3, -0.25) is 4.79 Å². The van der Waals surface area contributed by atoms with Crippen molar-refractivity contribution in [2.24, 2.45) is 0 Å². The number of carbonyl (C=O) groups is 1. The average molecular weight is 307 g/mol. The quantitative estimate of drug-likeness (QED) is 0.890. The molecule has 7 heteroatoms. The monoisotopic (exact) mass is 307 g/mol. The average Bonchev–Trinajstić information content (AvgIpc) is 2.46. The molecule has 0 saturated heterocycles. The van der Waals surface area contributed by atoms with Crippen molar-refractivity contribution in [1.29, 1.82) is 0 Å². The summed E-state index contributed by atoms with van der Waals surface area (Å²) in [6.07, 6.45) is 1.51. The lowest BCUT2D eigenvalue weighted by Gasteiger charge is -2.07. The van der Waals surface area contributed by atoms with Crippen molar-refractivity contribution >= 4 is 15.8 Å². The number of aryl methyl sites for hydroxylation is 1. The minimum Gasteiger partial charge on any atom is -0.478 e. The summed E-state index contributed by atoms with van der Waals surface area (Å²) in [5.74, 6) is -1.47. The van der Waals surface area contributed by atoms with Crippen LogP contribution >= 0.6 is 0 Å². The molecule has 0 fully saturated rings. The van der Waals surface area contributed by atoms with E-state index >= 15 is 0 Å². The molecule has 0 atom stereocenters. The number of benzene rings is 1. The summed E-state index contributed by atoms with van der Waals surface area (Å²) >= 11 is 0. The lowest BCUT2D eigenvalue weighted by molar-refractivity contribution is 0.0696. The summed E-state index contributed by atoms with van der Waals surface area (Å²) in [5, 5.41) is 8.88. The molecule has 0 aliphatic heterocycles. The first-order valence-electron chi connectivity index (χ1n) is 6.12. The number of hydrogen-bond donors (Lipinski definition) is 1. The molecule has 110 valence electrons. The Morgan fingerprint density at radius 1 is 1.14 bits per heavy atom. The largest absolute Gasteiger partial charge is 0.478 e. The summed E-state index contributed by atoms with van der Waals surface area (Å²) in [4.78, 5) is 22.3. The van der Waals surface area contributed by atoms with Gasteiger partial charge in [-0.1, -0.05) is 12.1 Å². The van der Waals surface area contributed by atoms with E-state index in [0.717, 1.165) is 6.07 Å². The van der Waals surface area contributed by atoms with Gasteiger partial charge in [0.1, 0.15) is 0 Å². The van der Waals surface area contributed by atoms with Crippen LogP contribution in [0.1, 0.15) is 10.4 Å². The number of rotatable bonds is 5. The van der Waals surface area contributed by atoms with Crippen molar-refractivity contribution in [2.75, 3.05) is 5.75 Å². The Balaban J connectivity index is 2.23. The second kappa shape index (κ2) is 5.92. The highest BCUT2D eigenvalue weighted by Gasteiger charge is 2.16. The molecule has 0 spiro atoms. The molecule has 0 unspecified atom stereocenters. The van der Waals surface area contributed by atoms with E-state index in [-0.39, 0.29) is 28.3 Å². The fourth-order valence-corrected chi connectivity index (χ4v) is 3.07. The highest BCUT2D eigenvalue weighted by molar-refractivity contribution is 7.91. The van der Waals surface area contributed by atoms with Gasteiger partial charge in [-0.2, -0.15) is 0 Å². The molecule has 0 aliphatic carbocycles. The fourth-order valence-electron chi connectivity index (χ4n) is 1.80. The van der Waals surface area contributed by atoms with Crippen LogP contribution in [0.5, 0.6) is 0 Å². The second-order valence-corrected chi connectivity index (χ2v) is 6.49. The van der Waals surface area contributed by atoms with Gasteiger partial charge in [-0.05, 0) is 24.3 Å². The van der Waals surface area contributed by atoms with Gasteiger partial charge in [0.15, 0.2) is 9.84 Å².